The number of nitrogens with one attached hydrogen (secondary N) is 1. The molecule has 1 aromatic rings. The van der Waals surface area contributed by atoms with E-state index in [1.807, 2.05) is 66.4 Å². The fourth-order valence-corrected chi connectivity index (χ4v) is 3.70. The van der Waals surface area contributed by atoms with Crippen LogP contribution in [0.1, 0.15) is 91.7 Å². The van der Waals surface area contributed by atoms with Crippen LogP contribution in [-0.4, -0.2) is 18.2 Å². The first-order chi connectivity index (χ1) is 14.4. The van der Waals surface area contributed by atoms with Gasteiger partial charge in [-0.15, -0.1) is 0 Å². The van der Waals surface area contributed by atoms with Gasteiger partial charge in [-0.2, -0.15) is 5.10 Å². The normalized spacial score (nSPS) is 23.6. The summed E-state index contributed by atoms with van der Waals surface area (Å²) in [5.41, 5.74) is 16.4. The summed E-state index contributed by atoms with van der Waals surface area (Å²) in [6, 6.07) is 4.08. The third-order valence-electron chi connectivity index (χ3n) is 5.15. The van der Waals surface area contributed by atoms with Crippen molar-refractivity contribution in [3.05, 3.63) is 41.1 Å². The molecule has 0 fully saturated rings. The molecule has 0 saturated carbocycles. The zero-order valence-electron chi connectivity index (χ0n) is 20.1. The third kappa shape index (κ3) is 5.74. The lowest BCUT2D eigenvalue weighted by Gasteiger charge is -2.18. The molecule has 0 radical (unpaired) electrons. The monoisotopic (exact) mass is 412 g/mol. The Morgan fingerprint density at radius 1 is 1.20 bits per heavy atom. The van der Waals surface area contributed by atoms with E-state index in [9.17, 15) is 4.79 Å². The first kappa shape index (κ1) is 25.5. The Kier molecular flexibility index (Phi) is 10.4. The topological polar surface area (TPSA) is 70.7 Å². The van der Waals surface area contributed by atoms with Gasteiger partial charge in [0.05, 0.1) is 11.6 Å². The summed E-state index contributed by atoms with van der Waals surface area (Å²) >= 11 is 0. The molecule has 0 saturated heterocycles. The SMILES string of the molecule is CC.CC.CCN1C(=O)C(C)c2cc(N)c(/C3=C/C(C)=N/N/C(C)=C/CCC3)cc21. The van der Waals surface area contributed by atoms with Crippen molar-refractivity contribution >= 4 is 28.6 Å². The van der Waals surface area contributed by atoms with E-state index in [1.54, 1.807) is 0 Å². The van der Waals surface area contributed by atoms with Crippen molar-refractivity contribution in [1.29, 1.82) is 0 Å². The Labute approximate surface area is 183 Å². The number of amides is 1. The molecule has 3 rings (SSSR count). The van der Waals surface area contributed by atoms with Gasteiger partial charge < -0.3 is 10.6 Å². The van der Waals surface area contributed by atoms with E-state index in [0.717, 1.165) is 53.2 Å². The van der Waals surface area contributed by atoms with E-state index < -0.39 is 0 Å². The highest BCUT2D eigenvalue weighted by Crippen LogP contribution is 2.41. The molecule has 166 valence electrons. The lowest BCUT2D eigenvalue weighted by Crippen LogP contribution is -2.27. The number of carbonyl (C=O) groups excluding carboxylic acids is 1. The Morgan fingerprint density at radius 3 is 2.50 bits per heavy atom. The maximum absolute atomic E-state index is 12.5. The predicted molar refractivity (Wildman–Crippen MR) is 132 cm³/mol. The molecule has 2 heterocycles. The van der Waals surface area contributed by atoms with Crippen LogP contribution in [0.2, 0.25) is 0 Å². The first-order valence-corrected chi connectivity index (χ1v) is 11.3. The lowest BCUT2D eigenvalue weighted by atomic mass is 9.93. The zero-order valence-corrected chi connectivity index (χ0v) is 20.1. The van der Waals surface area contributed by atoms with Crippen LogP contribution < -0.4 is 16.1 Å². The molecular formula is C25H40N4O. The maximum atomic E-state index is 12.5. The molecular weight excluding hydrogens is 372 g/mol. The number of hydrazone groups is 1. The summed E-state index contributed by atoms with van der Waals surface area (Å²) < 4.78 is 0. The standard InChI is InChI=1S/C21H28N4O.2C2H6/c1-5-25-20-12-18(19(22)11-17(20)15(4)21(25)26)16-9-7-6-8-13(2)23-24-14(3)10-16;2*1-2/h8,10-12,15,23H,5-7,9,22H2,1-4H3;2*1-2H3/b13-8+,16-10+,24-14+;;. The highest BCUT2D eigenvalue weighted by molar-refractivity contribution is 6.06. The van der Waals surface area contributed by atoms with Crippen LogP contribution in [-0.2, 0) is 4.79 Å². The van der Waals surface area contributed by atoms with Gasteiger partial charge in [0.2, 0.25) is 5.91 Å². The van der Waals surface area contributed by atoms with E-state index in [4.69, 9.17) is 5.73 Å². The molecule has 2 aliphatic rings. The van der Waals surface area contributed by atoms with Gasteiger partial charge in [0.15, 0.2) is 0 Å². The molecule has 30 heavy (non-hydrogen) atoms. The second kappa shape index (κ2) is 12.2. The predicted octanol–water partition coefficient (Wildman–Crippen LogP) is 6.23. The summed E-state index contributed by atoms with van der Waals surface area (Å²) in [6.45, 7) is 16.6. The second-order valence-electron chi connectivity index (χ2n) is 7.12. The number of nitrogens with two attached hydrogens (primary N) is 1. The van der Waals surface area contributed by atoms with Crippen molar-refractivity contribution in [2.24, 2.45) is 5.10 Å². The Bertz CT molecular complexity index is 821. The number of hydrogen-bond donors (Lipinski definition) is 2. The number of rotatable bonds is 2. The van der Waals surface area contributed by atoms with Crippen LogP contribution in [0.3, 0.4) is 0 Å². The summed E-state index contributed by atoms with van der Waals surface area (Å²) in [4.78, 5) is 14.4. The molecule has 5 nitrogen and oxygen atoms in total. The number of nitrogen functional groups attached to an aromatic ring is 1. The fourth-order valence-electron chi connectivity index (χ4n) is 3.70. The molecule has 1 atom stereocenters. The quantitative estimate of drug-likeness (QED) is 0.566. The average molecular weight is 413 g/mol. The summed E-state index contributed by atoms with van der Waals surface area (Å²) in [5.74, 6) is 0.0291. The van der Waals surface area contributed by atoms with Gasteiger partial charge >= 0.3 is 0 Å². The fraction of sp³-hybridized carbons (Fsp3) is 0.520. The van der Waals surface area contributed by atoms with Gasteiger partial charge in [-0.05, 0) is 76.3 Å². The zero-order chi connectivity index (χ0) is 22.8. The largest absolute Gasteiger partial charge is 0.398 e. The molecule has 3 N–H and O–H groups in total. The number of anilines is 2. The van der Waals surface area contributed by atoms with E-state index in [-0.39, 0.29) is 11.8 Å². The van der Waals surface area contributed by atoms with Crippen molar-refractivity contribution < 1.29 is 4.79 Å². The van der Waals surface area contributed by atoms with Gasteiger partial charge in [-0.3, -0.25) is 10.2 Å². The highest BCUT2D eigenvalue weighted by Gasteiger charge is 2.34. The minimum absolute atomic E-state index is 0.125. The first-order valence-electron chi connectivity index (χ1n) is 11.3. The summed E-state index contributed by atoms with van der Waals surface area (Å²) in [7, 11) is 0. The Balaban J connectivity index is 0.00000106. The van der Waals surface area contributed by atoms with Crippen LogP contribution in [0.25, 0.3) is 5.57 Å². The minimum atomic E-state index is -0.125. The molecule has 1 aromatic carbocycles. The van der Waals surface area contributed by atoms with E-state index in [2.05, 4.69) is 28.7 Å². The van der Waals surface area contributed by atoms with Crippen molar-refractivity contribution in [2.75, 3.05) is 17.2 Å². The van der Waals surface area contributed by atoms with Crippen LogP contribution in [0.15, 0.2) is 35.1 Å². The molecule has 0 spiro atoms. The minimum Gasteiger partial charge on any atom is -0.398 e. The molecule has 0 aromatic heterocycles. The van der Waals surface area contributed by atoms with Gasteiger partial charge in [0, 0.05) is 29.2 Å². The number of allylic oxidation sites excluding steroid dienone is 4. The number of fused-ring (bicyclic) bond motifs is 1. The number of hydrogen-bond acceptors (Lipinski definition) is 4. The number of likely N-dealkylation sites (N-methyl/N-ethyl adjacent to an activating group) is 1. The van der Waals surface area contributed by atoms with Crippen LogP contribution in [0.4, 0.5) is 11.4 Å². The number of carbonyl (C=O) groups is 1. The van der Waals surface area contributed by atoms with Gasteiger partial charge in [0.25, 0.3) is 0 Å². The number of nitrogens with zero attached hydrogens (tertiary/aromatic N) is 2. The molecule has 2 aliphatic heterocycles. The molecule has 1 unspecified atom stereocenters. The molecule has 0 aliphatic carbocycles. The highest BCUT2D eigenvalue weighted by atomic mass is 16.2. The average Bonchev–Trinajstić information content (AvgIpc) is 3.00. The van der Waals surface area contributed by atoms with Crippen LogP contribution in [0.5, 0.6) is 0 Å². The molecule has 1 amide bonds. The smallest absolute Gasteiger partial charge is 0.234 e. The second-order valence-corrected chi connectivity index (χ2v) is 7.12. The van der Waals surface area contributed by atoms with E-state index in [1.165, 1.54) is 5.57 Å². The summed E-state index contributed by atoms with van der Waals surface area (Å²) in [6.07, 6.45) is 7.23. The van der Waals surface area contributed by atoms with Gasteiger partial charge in [-0.1, -0.05) is 33.8 Å². The Morgan fingerprint density at radius 2 is 1.87 bits per heavy atom. The van der Waals surface area contributed by atoms with Crippen molar-refractivity contribution in [3.8, 4) is 0 Å². The maximum Gasteiger partial charge on any atom is 0.234 e. The van der Waals surface area contributed by atoms with Crippen molar-refractivity contribution in [2.45, 2.75) is 80.6 Å². The lowest BCUT2D eigenvalue weighted by molar-refractivity contribution is -0.118. The molecule has 5 heteroatoms. The number of benzene rings is 1. The van der Waals surface area contributed by atoms with Crippen molar-refractivity contribution in [3.63, 3.8) is 0 Å². The van der Waals surface area contributed by atoms with Crippen molar-refractivity contribution in [1.82, 2.24) is 5.43 Å². The molecule has 0 bridgehead atoms. The summed E-state index contributed by atoms with van der Waals surface area (Å²) in [5, 5.41) is 4.42. The third-order valence-corrected chi connectivity index (χ3v) is 5.15. The van der Waals surface area contributed by atoms with Gasteiger partial charge in [0.1, 0.15) is 0 Å². The van der Waals surface area contributed by atoms with E-state index >= 15 is 0 Å². The van der Waals surface area contributed by atoms with Gasteiger partial charge in [-0.25, -0.2) is 0 Å². The van der Waals surface area contributed by atoms with Crippen LogP contribution >= 0.6 is 0 Å². The Hall–Kier alpha value is -2.56. The van der Waals surface area contributed by atoms with Crippen LogP contribution in [0, 0.1) is 0 Å². The van der Waals surface area contributed by atoms with E-state index in [0.29, 0.717) is 6.54 Å².